The highest BCUT2D eigenvalue weighted by atomic mass is 16.5. The first-order valence-electron chi connectivity index (χ1n) is 5.64. The molecule has 0 aliphatic heterocycles. The Bertz CT molecular complexity index is 566. The van der Waals surface area contributed by atoms with Crippen molar-refractivity contribution in [2.75, 3.05) is 0 Å². The second kappa shape index (κ2) is 5.31. The van der Waals surface area contributed by atoms with Crippen LogP contribution in [0.4, 0.5) is 0 Å². The minimum Gasteiger partial charge on any atom is -0.489 e. The number of nitrogen functional groups attached to an aromatic ring is 1. The molecular formula is C14H15N3O. The van der Waals surface area contributed by atoms with Gasteiger partial charge >= 0.3 is 0 Å². The first-order valence-corrected chi connectivity index (χ1v) is 5.64. The number of hydrogen-bond donors (Lipinski definition) is 2. The Morgan fingerprint density at radius 3 is 2.89 bits per heavy atom. The molecule has 0 saturated carbocycles. The number of rotatable bonds is 4. The number of aryl methyl sites for hydroxylation is 1. The van der Waals surface area contributed by atoms with E-state index in [1.165, 1.54) is 0 Å². The number of pyridine rings is 1. The zero-order chi connectivity index (χ0) is 13.0. The van der Waals surface area contributed by atoms with Crippen molar-refractivity contribution < 1.29 is 4.74 Å². The molecule has 0 radical (unpaired) electrons. The molecule has 0 aliphatic carbocycles. The number of aromatic nitrogens is 1. The topological polar surface area (TPSA) is 72.0 Å². The average Bonchev–Trinajstić information content (AvgIpc) is 2.37. The molecule has 92 valence electrons. The first-order chi connectivity index (χ1) is 8.65. The van der Waals surface area contributed by atoms with Gasteiger partial charge in [-0.3, -0.25) is 10.4 Å². The van der Waals surface area contributed by atoms with Crippen molar-refractivity contribution in [3.05, 3.63) is 59.4 Å². The van der Waals surface area contributed by atoms with Gasteiger partial charge in [0.2, 0.25) is 0 Å². The van der Waals surface area contributed by atoms with Crippen LogP contribution in [-0.4, -0.2) is 10.8 Å². The van der Waals surface area contributed by atoms with Gasteiger partial charge < -0.3 is 10.5 Å². The average molecular weight is 241 g/mol. The predicted octanol–water partition coefficient (Wildman–Crippen LogP) is 2.25. The highest BCUT2D eigenvalue weighted by Crippen LogP contribution is 2.14. The Balaban J connectivity index is 2.06. The predicted molar refractivity (Wildman–Crippen MR) is 70.8 cm³/mol. The molecule has 1 aromatic carbocycles. The van der Waals surface area contributed by atoms with Crippen LogP contribution in [0.25, 0.3) is 0 Å². The number of hydrogen-bond acceptors (Lipinski definition) is 3. The number of nitrogens with one attached hydrogen (secondary N) is 1. The summed E-state index contributed by atoms with van der Waals surface area (Å²) in [5.74, 6) is 0.795. The summed E-state index contributed by atoms with van der Waals surface area (Å²) in [6.45, 7) is 2.46. The molecule has 1 heterocycles. The second-order valence-electron chi connectivity index (χ2n) is 4.07. The van der Waals surface area contributed by atoms with Crippen molar-refractivity contribution in [3.63, 3.8) is 0 Å². The summed E-state index contributed by atoms with van der Waals surface area (Å²) in [6, 6.07) is 11.5. The summed E-state index contributed by atoms with van der Waals surface area (Å²) in [6.07, 6.45) is 1.63. The van der Waals surface area contributed by atoms with Gasteiger partial charge in [0.25, 0.3) is 0 Å². The molecule has 0 amide bonds. The van der Waals surface area contributed by atoms with Gasteiger partial charge in [0, 0.05) is 6.20 Å². The number of nitrogens with two attached hydrogens (primary N) is 1. The lowest BCUT2D eigenvalue weighted by Gasteiger charge is -2.07. The van der Waals surface area contributed by atoms with Crippen LogP contribution in [-0.2, 0) is 6.61 Å². The third kappa shape index (κ3) is 3.07. The molecule has 0 saturated heterocycles. The third-order valence-electron chi connectivity index (χ3n) is 2.50. The highest BCUT2D eigenvalue weighted by Gasteiger charge is 2.01. The molecule has 2 aromatic rings. The number of nitrogens with zero attached hydrogens (tertiary/aromatic N) is 1. The number of ether oxygens (including phenoxy) is 1. The molecule has 4 heteroatoms. The van der Waals surface area contributed by atoms with Crippen molar-refractivity contribution in [1.29, 1.82) is 5.41 Å². The van der Waals surface area contributed by atoms with E-state index >= 15 is 0 Å². The standard InChI is InChI=1S/C14H15N3O/c1-10-3-2-4-12(7-10)18-9-11-5-6-17-13(8-11)14(15)16/h2-8H,9H2,1H3,(H3,15,16). The third-order valence-corrected chi connectivity index (χ3v) is 2.50. The second-order valence-corrected chi connectivity index (χ2v) is 4.07. The molecule has 3 N–H and O–H groups in total. The van der Waals surface area contributed by atoms with Crippen molar-refractivity contribution in [1.82, 2.24) is 4.98 Å². The lowest BCUT2D eigenvalue weighted by molar-refractivity contribution is 0.306. The monoisotopic (exact) mass is 241 g/mol. The Labute approximate surface area is 106 Å². The number of amidine groups is 1. The van der Waals surface area contributed by atoms with Crippen LogP contribution in [0.15, 0.2) is 42.6 Å². The SMILES string of the molecule is Cc1cccc(OCc2ccnc(C(=N)N)c2)c1. The molecule has 4 nitrogen and oxygen atoms in total. The fourth-order valence-electron chi connectivity index (χ4n) is 1.58. The highest BCUT2D eigenvalue weighted by molar-refractivity contribution is 5.93. The van der Waals surface area contributed by atoms with Crippen molar-refractivity contribution in [2.45, 2.75) is 13.5 Å². The van der Waals surface area contributed by atoms with E-state index in [2.05, 4.69) is 4.98 Å². The van der Waals surface area contributed by atoms with Crippen LogP contribution in [0.2, 0.25) is 0 Å². The summed E-state index contributed by atoms with van der Waals surface area (Å²) in [4.78, 5) is 4.00. The quantitative estimate of drug-likeness (QED) is 0.637. The molecule has 0 unspecified atom stereocenters. The van der Waals surface area contributed by atoms with Gasteiger partial charge in [-0.15, -0.1) is 0 Å². The van der Waals surface area contributed by atoms with Crippen LogP contribution in [0, 0.1) is 12.3 Å². The summed E-state index contributed by atoms with van der Waals surface area (Å²) in [7, 11) is 0. The van der Waals surface area contributed by atoms with Gasteiger partial charge in [0.05, 0.1) is 0 Å². The van der Waals surface area contributed by atoms with Crippen molar-refractivity contribution >= 4 is 5.84 Å². The van der Waals surface area contributed by atoms with Crippen LogP contribution >= 0.6 is 0 Å². The Kier molecular flexibility index (Phi) is 3.57. The number of benzene rings is 1. The maximum atomic E-state index is 7.33. The van der Waals surface area contributed by atoms with Gasteiger partial charge in [-0.1, -0.05) is 12.1 Å². The molecule has 18 heavy (non-hydrogen) atoms. The minimum absolute atomic E-state index is 0.0348. The van der Waals surface area contributed by atoms with Crippen molar-refractivity contribution in [2.24, 2.45) is 5.73 Å². The van der Waals surface area contributed by atoms with E-state index in [9.17, 15) is 0 Å². The van der Waals surface area contributed by atoms with E-state index in [1.54, 1.807) is 12.3 Å². The van der Waals surface area contributed by atoms with Crippen LogP contribution in [0.1, 0.15) is 16.8 Å². The van der Waals surface area contributed by atoms with E-state index in [0.29, 0.717) is 12.3 Å². The molecule has 1 aromatic heterocycles. The lowest BCUT2D eigenvalue weighted by Crippen LogP contribution is -2.13. The zero-order valence-electron chi connectivity index (χ0n) is 10.2. The zero-order valence-corrected chi connectivity index (χ0v) is 10.2. The van der Waals surface area contributed by atoms with Gasteiger partial charge in [0.15, 0.2) is 0 Å². The van der Waals surface area contributed by atoms with Crippen molar-refractivity contribution in [3.8, 4) is 5.75 Å². The molecular weight excluding hydrogens is 226 g/mol. The van der Waals surface area contributed by atoms with E-state index in [1.807, 2.05) is 37.3 Å². The fraction of sp³-hybridized carbons (Fsp3) is 0.143. The smallest absolute Gasteiger partial charge is 0.141 e. The summed E-state index contributed by atoms with van der Waals surface area (Å²) in [5, 5.41) is 7.33. The van der Waals surface area contributed by atoms with Crippen LogP contribution < -0.4 is 10.5 Å². The molecule has 0 fully saturated rings. The van der Waals surface area contributed by atoms with Gasteiger partial charge in [-0.2, -0.15) is 0 Å². The molecule has 0 spiro atoms. The van der Waals surface area contributed by atoms with E-state index in [-0.39, 0.29) is 5.84 Å². The maximum Gasteiger partial charge on any atom is 0.141 e. The van der Waals surface area contributed by atoms with E-state index < -0.39 is 0 Å². The molecule has 0 bridgehead atoms. The molecule has 2 rings (SSSR count). The largest absolute Gasteiger partial charge is 0.489 e. The van der Waals surface area contributed by atoms with Gasteiger partial charge in [0.1, 0.15) is 23.9 Å². The van der Waals surface area contributed by atoms with Crippen LogP contribution in [0.3, 0.4) is 0 Å². The Morgan fingerprint density at radius 2 is 2.17 bits per heavy atom. The fourth-order valence-corrected chi connectivity index (χ4v) is 1.58. The summed E-state index contributed by atoms with van der Waals surface area (Å²) < 4.78 is 5.67. The molecule has 0 atom stereocenters. The maximum absolute atomic E-state index is 7.33. The summed E-state index contributed by atoms with van der Waals surface area (Å²) >= 11 is 0. The van der Waals surface area contributed by atoms with Crippen LogP contribution in [0.5, 0.6) is 5.75 Å². The molecule has 0 aliphatic rings. The summed E-state index contributed by atoms with van der Waals surface area (Å²) in [5.41, 5.74) is 7.96. The first kappa shape index (κ1) is 12.1. The van der Waals surface area contributed by atoms with E-state index in [0.717, 1.165) is 16.9 Å². The Morgan fingerprint density at radius 1 is 1.33 bits per heavy atom. The lowest BCUT2D eigenvalue weighted by atomic mass is 10.2. The minimum atomic E-state index is -0.0348. The van der Waals surface area contributed by atoms with E-state index in [4.69, 9.17) is 15.9 Å². The normalized spacial score (nSPS) is 10.1. The van der Waals surface area contributed by atoms with Gasteiger partial charge in [-0.25, -0.2) is 0 Å². The Hall–Kier alpha value is -2.36. The van der Waals surface area contributed by atoms with Gasteiger partial charge in [-0.05, 0) is 42.3 Å².